The Balaban J connectivity index is 1.60. The summed E-state index contributed by atoms with van der Waals surface area (Å²) in [5.41, 5.74) is 0.715. The van der Waals surface area contributed by atoms with Crippen LogP contribution in [-0.2, 0) is 0 Å². The summed E-state index contributed by atoms with van der Waals surface area (Å²) in [4.78, 5) is 48.3. The van der Waals surface area contributed by atoms with Crippen LogP contribution >= 0.6 is 0 Å². The molecule has 136 valence electrons. The number of aromatic amines is 2. The lowest BCUT2D eigenvalue weighted by Gasteiger charge is -2.16. The van der Waals surface area contributed by atoms with Crippen molar-refractivity contribution in [2.45, 2.75) is 12.3 Å². The number of rotatable bonds is 3. The van der Waals surface area contributed by atoms with Crippen molar-refractivity contribution in [3.63, 3.8) is 0 Å². The normalized spacial score (nSPS) is 16.4. The van der Waals surface area contributed by atoms with Gasteiger partial charge in [-0.2, -0.15) is 0 Å². The summed E-state index contributed by atoms with van der Waals surface area (Å²) in [6.45, 7) is 1.07. The quantitative estimate of drug-likeness (QED) is 0.741. The molecule has 1 aliphatic heterocycles. The van der Waals surface area contributed by atoms with Gasteiger partial charge in [-0.05, 0) is 30.7 Å². The summed E-state index contributed by atoms with van der Waals surface area (Å²) in [5, 5.41) is 0. The minimum atomic E-state index is -0.314. The number of aromatic nitrogens is 3. The highest BCUT2D eigenvalue weighted by Crippen LogP contribution is 2.26. The Morgan fingerprint density at radius 2 is 1.93 bits per heavy atom. The molecule has 0 unspecified atom stereocenters. The van der Waals surface area contributed by atoms with E-state index >= 15 is 0 Å². The molecule has 3 aromatic rings. The third-order valence-electron chi connectivity index (χ3n) is 4.74. The molecule has 1 aromatic carbocycles. The maximum Gasteiger partial charge on any atom is 0.257 e. The maximum absolute atomic E-state index is 12.6. The Morgan fingerprint density at radius 3 is 2.70 bits per heavy atom. The fourth-order valence-electron chi connectivity index (χ4n) is 3.36. The standard InChI is InChI=1S/C20H18N4O3/c25-17-11-16(15-7-4-9-21-19(15)26)22-18(23-17)14-8-10-24(12-14)20(27)13-5-2-1-3-6-13/h1-7,9,11,14H,8,10,12H2,(H,21,26)(H,22,23,25)/t14-/m0/s1. The molecule has 27 heavy (non-hydrogen) atoms. The van der Waals surface area contributed by atoms with Gasteiger partial charge in [-0.1, -0.05) is 18.2 Å². The van der Waals surface area contributed by atoms with Crippen LogP contribution < -0.4 is 11.1 Å². The molecular formula is C20H18N4O3. The van der Waals surface area contributed by atoms with Crippen molar-refractivity contribution in [2.24, 2.45) is 0 Å². The number of carbonyl (C=O) groups excluding carboxylic acids is 1. The summed E-state index contributed by atoms with van der Waals surface area (Å²) in [5.74, 6) is 0.397. The van der Waals surface area contributed by atoms with E-state index in [1.165, 1.54) is 12.3 Å². The lowest BCUT2D eigenvalue weighted by atomic mass is 10.1. The van der Waals surface area contributed by atoms with Crippen molar-refractivity contribution in [1.82, 2.24) is 19.9 Å². The molecule has 1 aliphatic rings. The van der Waals surface area contributed by atoms with Gasteiger partial charge in [0.25, 0.3) is 17.0 Å². The van der Waals surface area contributed by atoms with Crippen molar-refractivity contribution >= 4 is 5.91 Å². The smallest absolute Gasteiger partial charge is 0.257 e. The third-order valence-corrected chi connectivity index (χ3v) is 4.74. The zero-order valence-corrected chi connectivity index (χ0v) is 14.5. The van der Waals surface area contributed by atoms with E-state index in [0.29, 0.717) is 42.2 Å². The van der Waals surface area contributed by atoms with Gasteiger partial charge in [0.2, 0.25) is 0 Å². The van der Waals surface area contributed by atoms with Gasteiger partial charge in [0.05, 0.1) is 11.3 Å². The van der Waals surface area contributed by atoms with Crippen LogP contribution in [0.5, 0.6) is 0 Å². The maximum atomic E-state index is 12.6. The third kappa shape index (κ3) is 3.44. The molecule has 1 saturated heterocycles. The van der Waals surface area contributed by atoms with Crippen LogP contribution in [0.3, 0.4) is 0 Å². The van der Waals surface area contributed by atoms with Gasteiger partial charge < -0.3 is 14.9 Å². The highest BCUT2D eigenvalue weighted by Gasteiger charge is 2.29. The summed E-state index contributed by atoms with van der Waals surface area (Å²) in [7, 11) is 0. The number of benzene rings is 1. The highest BCUT2D eigenvalue weighted by atomic mass is 16.2. The minimum absolute atomic E-state index is 0.0314. The highest BCUT2D eigenvalue weighted by molar-refractivity contribution is 5.94. The average Bonchev–Trinajstić information content (AvgIpc) is 3.18. The summed E-state index contributed by atoms with van der Waals surface area (Å²) in [6, 6.07) is 13.8. The average molecular weight is 362 g/mol. The summed E-state index contributed by atoms with van der Waals surface area (Å²) < 4.78 is 0. The molecule has 0 spiro atoms. The Hall–Kier alpha value is -3.48. The fourth-order valence-corrected chi connectivity index (χ4v) is 3.36. The van der Waals surface area contributed by atoms with E-state index in [-0.39, 0.29) is 22.9 Å². The molecule has 2 N–H and O–H groups in total. The molecule has 1 fully saturated rings. The molecule has 7 nitrogen and oxygen atoms in total. The Morgan fingerprint density at radius 1 is 1.11 bits per heavy atom. The number of hydrogen-bond donors (Lipinski definition) is 2. The van der Waals surface area contributed by atoms with Crippen LogP contribution in [0.1, 0.15) is 28.5 Å². The molecule has 7 heteroatoms. The molecular weight excluding hydrogens is 344 g/mol. The van der Waals surface area contributed by atoms with E-state index in [9.17, 15) is 14.4 Å². The lowest BCUT2D eigenvalue weighted by molar-refractivity contribution is 0.0790. The van der Waals surface area contributed by atoms with Gasteiger partial charge in [0.1, 0.15) is 5.82 Å². The van der Waals surface area contributed by atoms with Crippen LogP contribution in [-0.4, -0.2) is 38.8 Å². The van der Waals surface area contributed by atoms with Gasteiger partial charge in [-0.15, -0.1) is 0 Å². The van der Waals surface area contributed by atoms with Crippen molar-refractivity contribution in [3.05, 3.63) is 86.8 Å². The molecule has 1 atom stereocenters. The van der Waals surface area contributed by atoms with Gasteiger partial charge in [-0.25, -0.2) is 4.98 Å². The monoisotopic (exact) mass is 362 g/mol. The molecule has 0 aliphatic carbocycles. The minimum Gasteiger partial charge on any atom is -0.338 e. The second-order valence-electron chi connectivity index (χ2n) is 6.53. The van der Waals surface area contributed by atoms with Crippen LogP contribution in [0.4, 0.5) is 0 Å². The first-order valence-electron chi connectivity index (χ1n) is 8.75. The zero-order valence-electron chi connectivity index (χ0n) is 14.5. The number of nitrogens with one attached hydrogen (secondary N) is 2. The Bertz CT molecular complexity index is 1090. The Kier molecular flexibility index (Phi) is 4.42. The fraction of sp³-hybridized carbons (Fsp3) is 0.200. The first-order chi connectivity index (χ1) is 13.1. The number of pyridine rings is 1. The number of likely N-dealkylation sites (tertiary alicyclic amines) is 1. The molecule has 0 radical (unpaired) electrons. The summed E-state index contributed by atoms with van der Waals surface area (Å²) >= 11 is 0. The SMILES string of the molecule is O=C(c1ccccc1)N1CC[C@H](c2nc(-c3ccc[nH]c3=O)cc(=O)[nH]2)C1. The topological polar surface area (TPSA) is 98.9 Å². The van der Waals surface area contributed by atoms with Crippen molar-refractivity contribution in [2.75, 3.05) is 13.1 Å². The van der Waals surface area contributed by atoms with E-state index in [1.54, 1.807) is 29.2 Å². The molecule has 1 amide bonds. The van der Waals surface area contributed by atoms with Crippen LogP contribution in [0, 0.1) is 0 Å². The second-order valence-corrected chi connectivity index (χ2v) is 6.53. The van der Waals surface area contributed by atoms with E-state index < -0.39 is 0 Å². The van der Waals surface area contributed by atoms with E-state index in [2.05, 4.69) is 15.0 Å². The number of H-pyrrole nitrogens is 2. The predicted molar refractivity (Wildman–Crippen MR) is 101 cm³/mol. The van der Waals surface area contributed by atoms with E-state index in [0.717, 1.165) is 0 Å². The van der Waals surface area contributed by atoms with Crippen LogP contribution in [0.2, 0.25) is 0 Å². The van der Waals surface area contributed by atoms with Crippen LogP contribution in [0.25, 0.3) is 11.3 Å². The molecule has 3 heterocycles. The van der Waals surface area contributed by atoms with Crippen molar-refractivity contribution < 1.29 is 4.79 Å². The van der Waals surface area contributed by atoms with Crippen LogP contribution in [0.15, 0.2) is 64.3 Å². The number of amides is 1. The number of nitrogens with zero attached hydrogens (tertiary/aromatic N) is 2. The van der Waals surface area contributed by atoms with E-state index in [1.807, 2.05) is 18.2 Å². The first kappa shape index (κ1) is 17.0. The Labute approximate surface area is 154 Å². The predicted octanol–water partition coefficient (Wildman–Crippen LogP) is 1.75. The summed E-state index contributed by atoms with van der Waals surface area (Å²) in [6.07, 6.45) is 2.24. The zero-order chi connectivity index (χ0) is 18.8. The van der Waals surface area contributed by atoms with Gasteiger partial charge >= 0.3 is 0 Å². The molecule has 0 saturated carbocycles. The van der Waals surface area contributed by atoms with Gasteiger partial charge in [0, 0.05) is 36.8 Å². The molecule has 2 aromatic heterocycles. The van der Waals surface area contributed by atoms with Crippen molar-refractivity contribution in [3.8, 4) is 11.3 Å². The first-order valence-corrected chi connectivity index (χ1v) is 8.75. The van der Waals surface area contributed by atoms with E-state index in [4.69, 9.17) is 0 Å². The number of hydrogen-bond acceptors (Lipinski definition) is 4. The second kappa shape index (κ2) is 7.03. The van der Waals surface area contributed by atoms with Crippen molar-refractivity contribution in [1.29, 1.82) is 0 Å². The molecule has 0 bridgehead atoms. The molecule has 4 rings (SSSR count). The lowest BCUT2D eigenvalue weighted by Crippen LogP contribution is -2.28. The van der Waals surface area contributed by atoms with Gasteiger partial charge in [-0.3, -0.25) is 14.4 Å². The number of carbonyl (C=O) groups is 1. The largest absolute Gasteiger partial charge is 0.338 e. The van der Waals surface area contributed by atoms with Gasteiger partial charge in [0.15, 0.2) is 0 Å².